The molecule has 1 N–H and O–H groups in total. The average molecular weight is 450 g/mol. The SMILES string of the molecule is COC(=O)c1ccsc1NC(=O)CN1CCN(C(c2ccccc2)c2ccccc2)CC1. The van der Waals surface area contributed by atoms with Crippen LogP contribution in [0, 0.1) is 0 Å². The predicted molar refractivity (Wildman–Crippen MR) is 127 cm³/mol. The third-order valence-corrected chi connectivity index (χ3v) is 6.52. The van der Waals surface area contributed by atoms with Gasteiger partial charge in [-0.05, 0) is 22.6 Å². The third-order valence-electron chi connectivity index (χ3n) is 5.69. The van der Waals surface area contributed by atoms with E-state index in [1.54, 1.807) is 11.4 Å². The Kier molecular flexibility index (Phi) is 7.32. The molecule has 1 amide bonds. The number of nitrogens with one attached hydrogen (secondary N) is 1. The smallest absolute Gasteiger partial charge is 0.340 e. The number of hydrogen-bond donors (Lipinski definition) is 1. The minimum absolute atomic E-state index is 0.117. The summed E-state index contributed by atoms with van der Waals surface area (Å²) in [6.45, 7) is 3.64. The normalized spacial score (nSPS) is 14.9. The molecule has 0 atom stereocenters. The van der Waals surface area contributed by atoms with Crippen LogP contribution in [0.4, 0.5) is 5.00 Å². The Labute approximate surface area is 192 Å². The van der Waals surface area contributed by atoms with Crippen LogP contribution in [0.5, 0.6) is 0 Å². The van der Waals surface area contributed by atoms with Crippen LogP contribution in [0.25, 0.3) is 0 Å². The molecule has 0 spiro atoms. The molecule has 0 saturated carbocycles. The Morgan fingerprint density at radius 2 is 1.53 bits per heavy atom. The molecular formula is C25H27N3O3S. The minimum Gasteiger partial charge on any atom is -0.465 e. The van der Waals surface area contributed by atoms with E-state index in [0.717, 1.165) is 26.2 Å². The first-order chi connectivity index (χ1) is 15.7. The highest BCUT2D eigenvalue weighted by Crippen LogP contribution is 2.29. The number of nitrogens with zero attached hydrogens (tertiary/aromatic N) is 2. The standard InChI is InChI=1S/C25H27N3O3S/c1-31-25(30)21-12-17-32-24(21)26-22(29)18-27-13-15-28(16-14-27)23(19-8-4-2-5-9-19)20-10-6-3-7-11-20/h2-12,17,23H,13-16,18H2,1H3,(H,26,29). The maximum Gasteiger partial charge on any atom is 0.340 e. The zero-order chi connectivity index (χ0) is 22.3. The van der Waals surface area contributed by atoms with Crippen LogP contribution in [0.3, 0.4) is 0 Å². The van der Waals surface area contributed by atoms with Crippen molar-refractivity contribution in [2.24, 2.45) is 0 Å². The van der Waals surface area contributed by atoms with Crippen LogP contribution in [0.15, 0.2) is 72.1 Å². The monoisotopic (exact) mass is 449 g/mol. The first-order valence-corrected chi connectivity index (χ1v) is 11.6. The summed E-state index contributed by atoms with van der Waals surface area (Å²) in [7, 11) is 1.34. The maximum absolute atomic E-state index is 12.6. The quantitative estimate of drug-likeness (QED) is 0.555. The molecule has 0 bridgehead atoms. The highest BCUT2D eigenvalue weighted by molar-refractivity contribution is 7.14. The van der Waals surface area contributed by atoms with Crippen molar-refractivity contribution >= 4 is 28.2 Å². The van der Waals surface area contributed by atoms with Gasteiger partial charge in [-0.2, -0.15) is 0 Å². The van der Waals surface area contributed by atoms with Gasteiger partial charge in [0.05, 0.1) is 25.3 Å². The molecule has 1 aliphatic heterocycles. The van der Waals surface area contributed by atoms with Crippen molar-refractivity contribution in [3.05, 3.63) is 88.8 Å². The second-order valence-electron chi connectivity index (χ2n) is 7.74. The summed E-state index contributed by atoms with van der Waals surface area (Å²) in [5, 5.41) is 5.17. The van der Waals surface area contributed by atoms with E-state index in [2.05, 4.69) is 63.6 Å². The second-order valence-corrected chi connectivity index (χ2v) is 8.66. The molecule has 7 heteroatoms. The van der Waals surface area contributed by atoms with E-state index in [-0.39, 0.29) is 11.9 Å². The molecule has 0 unspecified atom stereocenters. The van der Waals surface area contributed by atoms with E-state index < -0.39 is 5.97 Å². The molecule has 1 aliphatic rings. The third kappa shape index (κ3) is 5.24. The molecule has 0 radical (unpaired) electrons. The lowest BCUT2D eigenvalue weighted by atomic mass is 9.96. The summed E-state index contributed by atoms with van der Waals surface area (Å²) in [5.41, 5.74) is 2.94. The molecule has 0 aliphatic carbocycles. The summed E-state index contributed by atoms with van der Waals surface area (Å²) in [6.07, 6.45) is 0. The van der Waals surface area contributed by atoms with E-state index >= 15 is 0 Å². The van der Waals surface area contributed by atoms with Crippen LogP contribution in [-0.2, 0) is 9.53 Å². The molecular weight excluding hydrogens is 422 g/mol. The topological polar surface area (TPSA) is 61.9 Å². The van der Waals surface area contributed by atoms with Crippen LogP contribution in [0.1, 0.15) is 27.5 Å². The lowest BCUT2D eigenvalue weighted by Crippen LogP contribution is -2.49. The van der Waals surface area contributed by atoms with Crippen LogP contribution < -0.4 is 5.32 Å². The summed E-state index contributed by atoms with van der Waals surface area (Å²) >= 11 is 1.32. The van der Waals surface area contributed by atoms with Gasteiger partial charge in [-0.3, -0.25) is 14.6 Å². The van der Waals surface area contributed by atoms with E-state index in [4.69, 9.17) is 4.74 Å². The molecule has 3 aromatic rings. The molecule has 4 rings (SSSR count). The summed E-state index contributed by atoms with van der Waals surface area (Å²) < 4.78 is 4.77. The van der Waals surface area contributed by atoms with Gasteiger partial charge in [-0.15, -0.1) is 11.3 Å². The van der Waals surface area contributed by atoms with Gasteiger partial charge in [0.15, 0.2) is 0 Å². The number of piperazine rings is 1. The number of thiophene rings is 1. The highest BCUT2D eigenvalue weighted by atomic mass is 32.1. The number of esters is 1. The minimum atomic E-state index is -0.442. The number of carbonyl (C=O) groups is 2. The summed E-state index contributed by atoms with van der Waals surface area (Å²) in [4.78, 5) is 29.0. The number of carbonyl (C=O) groups excluding carboxylic acids is 2. The first-order valence-electron chi connectivity index (χ1n) is 10.7. The van der Waals surface area contributed by atoms with Gasteiger partial charge < -0.3 is 10.1 Å². The number of anilines is 1. The van der Waals surface area contributed by atoms with Crippen LogP contribution in [-0.4, -0.2) is 61.5 Å². The lowest BCUT2D eigenvalue weighted by molar-refractivity contribution is -0.117. The number of rotatable bonds is 7. The first kappa shape index (κ1) is 22.2. The largest absolute Gasteiger partial charge is 0.465 e. The summed E-state index contributed by atoms with van der Waals surface area (Å²) in [6, 6.07) is 23.0. The Hall–Kier alpha value is -3.00. The van der Waals surface area contributed by atoms with Crippen molar-refractivity contribution in [1.82, 2.24) is 9.80 Å². The van der Waals surface area contributed by atoms with Gasteiger partial charge in [0.2, 0.25) is 5.91 Å². The Morgan fingerprint density at radius 1 is 0.938 bits per heavy atom. The van der Waals surface area contributed by atoms with Crippen molar-refractivity contribution in [2.75, 3.05) is 45.2 Å². The van der Waals surface area contributed by atoms with Crippen LogP contribution in [0.2, 0.25) is 0 Å². The fourth-order valence-electron chi connectivity index (χ4n) is 4.11. The fraction of sp³-hybridized carbons (Fsp3) is 0.280. The number of methoxy groups -OCH3 is 1. The Bertz CT molecular complexity index is 991. The van der Waals surface area contributed by atoms with E-state index in [9.17, 15) is 9.59 Å². The molecule has 166 valence electrons. The van der Waals surface area contributed by atoms with Crippen molar-refractivity contribution in [2.45, 2.75) is 6.04 Å². The molecule has 1 fully saturated rings. The molecule has 32 heavy (non-hydrogen) atoms. The van der Waals surface area contributed by atoms with E-state index in [1.807, 2.05) is 12.1 Å². The van der Waals surface area contributed by atoms with Crippen molar-refractivity contribution in [1.29, 1.82) is 0 Å². The fourth-order valence-corrected chi connectivity index (χ4v) is 4.90. The number of hydrogen-bond acceptors (Lipinski definition) is 6. The molecule has 2 heterocycles. The lowest BCUT2D eigenvalue weighted by Gasteiger charge is -2.39. The van der Waals surface area contributed by atoms with E-state index in [1.165, 1.54) is 29.6 Å². The Morgan fingerprint density at radius 3 is 2.09 bits per heavy atom. The summed E-state index contributed by atoms with van der Waals surface area (Å²) in [5.74, 6) is -0.559. The van der Waals surface area contributed by atoms with Gasteiger partial charge in [-0.1, -0.05) is 60.7 Å². The predicted octanol–water partition coefficient (Wildman–Crippen LogP) is 3.88. The van der Waals surface area contributed by atoms with Crippen molar-refractivity contribution in [3.63, 3.8) is 0 Å². The van der Waals surface area contributed by atoms with Gasteiger partial charge in [0.25, 0.3) is 0 Å². The zero-order valence-corrected chi connectivity index (χ0v) is 18.9. The Balaban J connectivity index is 1.37. The number of ether oxygens (including phenoxy) is 1. The van der Waals surface area contributed by atoms with Gasteiger partial charge in [-0.25, -0.2) is 4.79 Å². The highest BCUT2D eigenvalue weighted by Gasteiger charge is 2.27. The molecule has 6 nitrogen and oxygen atoms in total. The maximum atomic E-state index is 12.6. The van der Waals surface area contributed by atoms with Gasteiger partial charge in [0.1, 0.15) is 5.00 Å². The molecule has 1 aromatic heterocycles. The average Bonchev–Trinajstić information content (AvgIpc) is 3.29. The number of amides is 1. The van der Waals surface area contributed by atoms with Gasteiger partial charge in [0, 0.05) is 26.2 Å². The van der Waals surface area contributed by atoms with Crippen molar-refractivity contribution in [3.8, 4) is 0 Å². The van der Waals surface area contributed by atoms with Gasteiger partial charge >= 0.3 is 5.97 Å². The molecule has 2 aromatic carbocycles. The van der Waals surface area contributed by atoms with E-state index in [0.29, 0.717) is 17.1 Å². The number of benzene rings is 2. The second kappa shape index (κ2) is 10.5. The van der Waals surface area contributed by atoms with Crippen molar-refractivity contribution < 1.29 is 14.3 Å². The molecule has 1 saturated heterocycles. The van der Waals surface area contributed by atoms with Crippen LogP contribution >= 0.6 is 11.3 Å². The zero-order valence-electron chi connectivity index (χ0n) is 18.1.